The van der Waals surface area contributed by atoms with Crippen molar-refractivity contribution in [2.75, 3.05) is 12.8 Å². The van der Waals surface area contributed by atoms with Crippen molar-refractivity contribution in [2.24, 2.45) is 16.6 Å². The van der Waals surface area contributed by atoms with Gasteiger partial charge in [0, 0.05) is 4.75 Å². The summed E-state index contributed by atoms with van der Waals surface area (Å²) in [5.74, 6) is 5.50. The van der Waals surface area contributed by atoms with Crippen LogP contribution in [0.2, 0.25) is 0 Å². The summed E-state index contributed by atoms with van der Waals surface area (Å²) in [5, 5.41) is 0. The predicted octanol–water partition coefficient (Wildman–Crippen LogP) is 0.830. The van der Waals surface area contributed by atoms with Crippen LogP contribution in [0.1, 0.15) is 32.1 Å². The summed E-state index contributed by atoms with van der Waals surface area (Å²) in [6.07, 6.45) is 8.63. The predicted molar refractivity (Wildman–Crippen MR) is 63.1 cm³/mol. The Balaban J connectivity index is 2.52. The van der Waals surface area contributed by atoms with Crippen LogP contribution in [0.25, 0.3) is 0 Å². The second kappa shape index (κ2) is 5.46. The van der Waals surface area contributed by atoms with Gasteiger partial charge in [-0.15, -0.1) is 0 Å². The van der Waals surface area contributed by atoms with E-state index in [1.54, 1.807) is 0 Å². The summed E-state index contributed by atoms with van der Waals surface area (Å²) >= 11 is 1.91. The van der Waals surface area contributed by atoms with Crippen molar-refractivity contribution in [2.45, 2.75) is 36.9 Å². The van der Waals surface area contributed by atoms with Gasteiger partial charge in [-0.3, -0.25) is 10.4 Å². The third kappa shape index (κ3) is 3.06. The smallest absolute Gasteiger partial charge is 0.203 e. The number of aliphatic imine (C=N–C) groups is 1. The zero-order valence-corrected chi connectivity index (χ0v) is 9.57. The highest BCUT2D eigenvalue weighted by Gasteiger charge is 2.30. The number of hydrogen-bond acceptors (Lipinski definition) is 3. The molecule has 0 radical (unpaired) electrons. The van der Waals surface area contributed by atoms with Gasteiger partial charge in [0.2, 0.25) is 5.96 Å². The lowest BCUT2D eigenvalue weighted by atomic mass is 9.88. The lowest BCUT2D eigenvalue weighted by Gasteiger charge is -2.34. The minimum absolute atomic E-state index is 0.305. The fraction of sp³-hybridized carbons (Fsp3) is 0.889. The van der Waals surface area contributed by atoms with Crippen molar-refractivity contribution in [3.8, 4) is 0 Å². The molecule has 0 bridgehead atoms. The van der Waals surface area contributed by atoms with E-state index in [4.69, 9.17) is 11.6 Å². The molecule has 0 heterocycles. The Labute approximate surface area is 89.9 Å². The molecule has 14 heavy (non-hydrogen) atoms. The number of hydrazine groups is 1. The number of thioether (sulfide) groups is 1. The number of nitrogens with one attached hydrogen (secondary N) is 1. The summed E-state index contributed by atoms with van der Waals surface area (Å²) in [4.78, 5) is 4.25. The van der Waals surface area contributed by atoms with Crippen LogP contribution in [0.4, 0.5) is 0 Å². The molecule has 0 amide bonds. The Morgan fingerprint density at radius 3 is 2.57 bits per heavy atom. The van der Waals surface area contributed by atoms with Gasteiger partial charge in [-0.1, -0.05) is 19.3 Å². The van der Waals surface area contributed by atoms with Gasteiger partial charge in [0.25, 0.3) is 0 Å². The van der Waals surface area contributed by atoms with Crippen LogP contribution in [0.3, 0.4) is 0 Å². The molecule has 0 aromatic rings. The maximum absolute atomic E-state index is 5.51. The molecule has 0 aromatic carbocycles. The number of nitrogens with two attached hydrogens (primary N) is 2. The van der Waals surface area contributed by atoms with Crippen molar-refractivity contribution in [3.63, 3.8) is 0 Å². The SMILES string of the molecule is CSC1(CN=C(N)NN)CCCCC1. The van der Waals surface area contributed by atoms with E-state index < -0.39 is 0 Å². The second-order valence-corrected chi connectivity index (χ2v) is 5.07. The normalized spacial score (nSPS) is 22.0. The summed E-state index contributed by atoms with van der Waals surface area (Å²) < 4.78 is 0.305. The summed E-state index contributed by atoms with van der Waals surface area (Å²) in [7, 11) is 0. The Morgan fingerprint density at radius 1 is 1.43 bits per heavy atom. The van der Waals surface area contributed by atoms with E-state index in [0.29, 0.717) is 10.7 Å². The average Bonchev–Trinajstić information content (AvgIpc) is 2.27. The first-order valence-electron chi connectivity index (χ1n) is 5.04. The molecule has 1 rings (SSSR count). The topological polar surface area (TPSA) is 76.4 Å². The van der Waals surface area contributed by atoms with Gasteiger partial charge in [-0.05, 0) is 19.1 Å². The molecule has 0 aliphatic heterocycles. The van der Waals surface area contributed by atoms with Crippen LogP contribution in [0, 0.1) is 0 Å². The quantitative estimate of drug-likeness (QED) is 0.283. The van der Waals surface area contributed by atoms with E-state index in [1.165, 1.54) is 32.1 Å². The molecular formula is C9H20N4S. The zero-order chi connectivity index (χ0) is 10.4. The van der Waals surface area contributed by atoms with Gasteiger partial charge < -0.3 is 5.73 Å². The highest BCUT2D eigenvalue weighted by Crippen LogP contribution is 2.38. The van der Waals surface area contributed by atoms with E-state index in [1.807, 2.05) is 11.8 Å². The van der Waals surface area contributed by atoms with Crippen LogP contribution in [-0.2, 0) is 0 Å². The first kappa shape index (κ1) is 11.7. The van der Waals surface area contributed by atoms with Gasteiger partial charge in [0.05, 0.1) is 6.54 Å². The zero-order valence-electron chi connectivity index (χ0n) is 8.75. The van der Waals surface area contributed by atoms with Crippen LogP contribution >= 0.6 is 11.8 Å². The van der Waals surface area contributed by atoms with Crippen LogP contribution in [0.5, 0.6) is 0 Å². The highest BCUT2D eigenvalue weighted by atomic mass is 32.2. The first-order chi connectivity index (χ1) is 6.72. The molecule has 0 saturated heterocycles. The molecular weight excluding hydrogens is 196 g/mol. The molecule has 0 unspecified atom stereocenters. The van der Waals surface area contributed by atoms with Gasteiger partial charge in [-0.2, -0.15) is 11.8 Å². The largest absolute Gasteiger partial charge is 0.369 e. The number of guanidine groups is 1. The van der Waals surface area contributed by atoms with E-state index in [2.05, 4.69) is 16.7 Å². The van der Waals surface area contributed by atoms with Gasteiger partial charge >= 0.3 is 0 Å². The minimum atomic E-state index is 0.305. The number of rotatable bonds is 3. The molecule has 1 aliphatic rings. The van der Waals surface area contributed by atoms with Crippen LogP contribution < -0.4 is 17.0 Å². The van der Waals surface area contributed by atoms with Gasteiger partial charge in [0.1, 0.15) is 0 Å². The van der Waals surface area contributed by atoms with Crippen molar-refractivity contribution < 1.29 is 0 Å². The molecule has 1 saturated carbocycles. The molecule has 4 nitrogen and oxygen atoms in total. The minimum Gasteiger partial charge on any atom is -0.369 e. The molecule has 1 aliphatic carbocycles. The third-order valence-corrected chi connectivity index (χ3v) is 4.29. The molecule has 82 valence electrons. The number of hydrogen-bond donors (Lipinski definition) is 3. The molecule has 1 fully saturated rings. The van der Waals surface area contributed by atoms with E-state index >= 15 is 0 Å². The van der Waals surface area contributed by atoms with Crippen LogP contribution in [-0.4, -0.2) is 23.5 Å². The molecule has 0 spiro atoms. The molecule has 5 heteroatoms. The Morgan fingerprint density at radius 2 is 2.07 bits per heavy atom. The second-order valence-electron chi connectivity index (χ2n) is 3.79. The van der Waals surface area contributed by atoms with Crippen molar-refractivity contribution >= 4 is 17.7 Å². The molecule has 5 N–H and O–H groups in total. The highest BCUT2D eigenvalue weighted by molar-refractivity contribution is 8.00. The lowest BCUT2D eigenvalue weighted by molar-refractivity contribution is 0.405. The van der Waals surface area contributed by atoms with Crippen molar-refractivity contribution in [1.29, 1.82) is 0 Å². The first-order valence-corrected chi connectivity index (χ1v) is 6.26. The summed E-state index contributed by atoms with van der Waals surface area (Å²) in [6, 6.07) is 0. The monoisotopic (exact) mass is 216 g/mol. The average molecular weight is 216 g/mol. The lowest BCUT2D eigenvalue weighted by Crippen LogP contribution is -2.39. The maximum Gasteiger partial charge on any atom is 0.203 e. The number of nitrogens with zero attached hydrogens (tertiary/aromatic N) is 1. The van der Waals surface area contributed by atoms with Crippen molar-refractivity contribution in [3.05, 3.63) is 0 Å². The molecule has 0 aromatic heterocycles. The Kier molecular flexibility index (Phi) is 4.54. The van der Waals surface area contributed by atoms with Crippen molar-refractivity contribution in [1.82, 2.24) is 5.43 Å². The standard InChI is InChI=1S/C9H20N4S/c1-14-9(5-3-2-4-6-9)7-12-8(10)13-11/h2-7,11H2,1H3,(H3,10,12,13). The third-order valence-electron chi connectivity index (χ3n) is 2.88. The summed E-state index contributed by atoms with van der Waals surface area (Å²) in [6.45, 7) is 0.782. The fourth-order valence-electron chi connectivity index (χ4n) is 1.90. The summed E-state index contributed by atoms with van der Waals surface area (Å²) in [5.41, 5.74) is 7.87. The Hall–Kier alpha value is -0.420. The van der Waals surface area contributed by atoms with Gasteiger partial charge in [-0.25, -0.2) is 5.84 Å². The molecule has 0 atom stereocenters. The van der Waals surface area contributed by atoms with Gasteiger partial charge in [0.15, 0.2) is 0 Å². The van der Waals surface area contributed by atoms with E-state index in [0.717, 1.165) is 6.54 Å². The van der Waals surface area contributed by atoms with E-state index in [9.17, 15) is 0 Å². The van der Waals surface area contributed by atoms with E-state index in [-0.39, 0.29) is 0 Å². The van der Waals surface area contributed by atoms with Crippen LogP contribution in [0.15, 0.2) is 4.99 Å². The Bertz CT molecular complexity index is 199. The maximum atomic E-state index is 5.51. The fourth-order valence-corrected chi connectivity index (χ4v) is 2.79.